The van der Waals surface area contributed by atoms with Crippen molar-refractivity contribution in [3.05, 3.63) is 29.3 Å². The van der Waals surface area contributed by atoms with Gasteiger partial charge in [-0.2, -0.15) is 0 Å². The summed E-state index contributed by atoms with van der Waals surface area (Å²) in [5, 5.41) is 0. The fourth-order valence-electron chi connectivity index (χ4n) is 1.18. The van der Waals surface area contributed by atoms with Crippen molar-refractivity contribution in [2.45, 2.75) is 0 Å². The largest absolute Gasteiger partial charge is 0.493 e. The van der Waals surface area contributed by atoms with Crippen molar-refractivity contribution < 1.29 is 23.0 Å². The molecule has 15 heavy (non-hydrogen) atoms. The van der Waals surface area contributed by atoms with Crippen LogP contribution in [0.1, 0.15) is 10.4 Å². The first kappa shape index (κ1) is 11.6. The van der Waals surface area contributed by atoms with Gasteiger partial charge in [0.15, 0.2) is 17.3 Å². The zero-order valence-corrected chi connectivity index (χ0v) is 8.34. The van der Waals surface area contributed by atoms with Crippen LogP contribution in [-0.2, 0) is 4.74 Å². The highest BCUT2D eigenvalue weighted by Crippen LogP contribution is 2.24. The van der Waals surface area contributed by atoms with E-state index in [2.05, 4.69) is 9.47 Å². The van der Waals surface area contributed by atoms with Crippen LogP contribution >= 0.6 is 0 Å². The Labute approximate surface area is 85.6 Å². The summed E-state index contributed by atoms with van der Waals surface area (Å²) in [7, 11) is 2.53. The Bertz CT molecular complexity index is 377. The van der Waals surface area contributed by atoms with Crippen LogP contribution in [0.4, 0.5) is 8.78 Å². The van der Waals surface area contributed by atoms with E-state index in [1.165, 1.54) is 14.2 Å². The number of halogens is 2. The maximum absolute atomic E-state index is 13.2. The minimum Gasteiger partial charge on any atom is -0.493 e. The molecular weight excluding hydrogens is 206 g/mol. The average molecular weight is 216 g/mol. The van der Waals surface area contributed by atoms with Crippen LogP contribution in [0.3, 0.4) is 0 Å². The van der Waals surface area contributed by atoms with Crippen LogP contribution in [0.25, 0.3) is 0 Å². The highest BCUT2D eigenvalue weighted by Gasteiger charge is 2.17. The standard InChI is InChI=1S/C10H10F2O3/c1-14-5-9(13)7-3-6(11)4-8(12)10(7)15-2/h3-4H,5H2,1-2H3. The fraction of sp³-hybridized carbons (Fsp3) is 0.300. The first-order valence-electron chi connectivity index (χ1n) is 4.15. The summed E-state index contributed by atoms with van der Waals surface area (Å²) in [5.74, 6) is -2.53. The molecule has 0 atom stereocenters. The quantitative estimate of drug-likeness (QED) is 0.720. The molecule has 0 radical (unpaired) electrons. The van der Waals surface area contributed by atoms with Gasteiger partial charge < -0.3 is 9.47 Å². The van der Waals surface area contributed by atoms with Crippen molar-refractivity contribution in [3.8, 4) is 5.75 Å². The second-order valence-corrected chi connectivity index (χ2v) is 2.82. The summed E-state index contributed by atoms with van der Waals surface area (Å²) in [5.41, 5.74) is -0.156. The van der Waals surface area contributed by atoms with Gasteiger partial charge in [-0.3, -0.25) is 4.79 Å². The van der Waals surface area contributed by atoms with Gasteiger partial charge in [-0.15, -0.1) is 0 Å². The summed E-state index contributed by atoms with van der Waals surface area (Å²) in [6, 6.07) is 1.58. The second-order valence-electron chi connectivity index (χ2n) is 2.82. The van der Waals surface area contributed by atoms with Crippen molar-refractivity contribution in [3.63, 3.8) is 0 Å². The third kappa shape index (κ3) is 2.50. The molecule has 0 aromatic heterocycles. The Morgan fingerprint density at radius 3 is 2.53 bits per heavy atom. The topological polar surface area (TPSA) is 35.5 Å². The first-order chi connectivity index (χ1) is 7.10. The Morgan fingerprint density at radius 2 is 2.00 bits per heavy atom. The van der Waals surface area contributed by atoms with Crippen molar-refractivity contribution in [2.75, 3.05) is 20.8 Å². The molecule has 0 heterocycles. The molecule has 0 unspecified atom stereocenters. The van der Waals surface area contributed by atoms with Gasteiger partial charge >= 0.3 is 0 Å². The number of methoxy groups -OCH3 is 2. The summed E-state index contributed by atoms with van der Waals surface area (Å²) >= 11 is 0. The maximum Gasteiger partial charge on any atom is 0.192 e. The van der Waals surface area contributed by atoms with E-state index in [9.17, 15) is 13.6 Å². The summed E-state index contributed by atoms with van der Waals surface area (Å²) in [4.78, 5) is 11.4. The van der Waals surface area contributed by atoms with Crippen molar-refractivity contribution in [2.24, 2.45) is 0 Å². The molecule has 1 aromatic carbocycles. The van der Waals surface area contributed by atoms with Crippen molar-refractivity contribution in [1.29, 1.82) is 0 Å². The van der Waals surface area contributed by atoms with E-state index in [0.717, 1.165) is 6.07 Å². The predicted molar refractivity (Wildman–Crippen MR) is 49.1 cm³/mol. The molecule has 1 rings (SSSR count). The van der Waals surface area contributed by atoms with Crippen LogP contribution in [0.5, 0.6) is 5.75 Å². The molecule has 5 heteroatoms. The molecule has 0 N–H and O–H groups in total. The van der Waals surface area contributed by atoms with Crippen LogP contribution in [0.2, 0.25) is 0 Å². The first-order valence-corrected chi connectivity index (χ1v) is 4.15. The van der Waals surface area contributed by atoms with E-state index in [0.29, 0.717) is 6.07 Å². The third-order valence-corrected chi connectivity index (χ3v) is 1.79. The highest BCUT2D eigenvalue weighted by molar-refractivity contribution is 5.99. The van der Waals surface area contributed by atoms with E-state index < -0.39 is 17.4 Å². The predicted octanol–water partition coefficient (Wildman–Crippen LogP) is 1.80. The van der Waals surface area contributed by atoms with Crippen LogP contribution in [-0.4, -0.2) is 26.6 Å². The third-order valence-electron chi connectivity index (χ3n) is 1.79. The Hall–Kier alpha value is -1.49. The number of carbonyl (C=O) groups is 1. The molecule has 0 saturated carbocycles. The molecule has 0 fully saturated rings. The van der Waals surface area contributed by atoms with Gasteiger partial charge in [0.05, 0.1) is 12.7 Å². The van der Waals surface area contributed by atoms with Gasteiger partial charge in [0.2, 0.25) is 0 Å². The lowest BCUT2D eigenvalue weighted by Crippen LogP contribution is -2.10. The molecule has 0 amide bonds. The van der Waals surface area contributed by atoms with Gasteiger partial charge in [0.25, 0.3) is 0 Å². The van der Waals surface area contributed by atoms with E-state index in [4.69, 9.17) is 0 Å². The van der Waals surface area contributed by atoms with Crippen LogP contribution < -0.4 is 4.74 Å². The number of rotatable bonds is 4. The number of Topliss-reactive ketones (excluding diaryl/α,β-unsaturated/α-hetero) is 1. The number of hydrogen-bond donors (Lipinski definition) is 0. The van der Waals surface area contributed by atoms with Crippen LogP contribution in [0, 0.1) is 11.6 Å². The van der Waals surface area contributed by atoms with Gasteiger partial charge in [0.1, 0.15) is 12.4 Å². The van der Waals surface area contributed by atoms with Gasteiger partial charge in [0, 0.05) is 13.2 Å². The Balaban J connectivity index is 3.20. The second kappa shape index (κ2) is 4.84. The highest BCUT2D eigenvalue weighted by atomic mass is 19.1. The molecule has 82 valence electrons. The average Bonchev–Trinajstić information content (AvgIpc) is 2.17. The van der Waals surface area contributed by atoms with Crippen molar-refractivity contribution in [1.82, 2.24) is 0 Å². The van der Waals surface area contributed by atoms with Crippen molar-refractivity contribution >= 4 is 5.78 Å². The van der Waals surface area contributed by atoms with E-state index in [-0.39, 0.29) is 17.9 Å². The van der Waals surface area contributed by atoms with Gasteiger partial charge in [-0.05, 0) is 6.07 Å². The lowest BCUT2D eigenvalue weighted by Gasteiger charge is -2.08. The summed E-state index contributed by atoms with van der Waals surface area (Å²) < 4.78 is 35.3. The van der Waals surface area contributed by atoms with E-state index in [1.807, 2.05) is 0 Å². The summed E-state index contributed by atoms with van der Waals surface area (Å²) in [6.45, 7) is -0.251. The number of ketones is 1. The smallest absolute Gasteiger partial charge is 0.192 e. The molecule has 1 aromatic rings. The van der Waals surface area contributed by atoms with Crippen LogP contribution in [0.15, 0.2) is 12.1 Å². The molecule has 0 aliphatic rings. The number of benzene rings is 1. The van der Waals surface area contributed by atoms with Gasteiger partial charge in [-0.25, -0.2) is 8.78 Å². The Kier molecular flexibility index (Phi) is 3.74. The molecule has 0 aliphatic carbocycles. The lowest BCUT2D eigenvalue weighted by atomic mass is 10.1. The zero-order valence-electron chi connectivity index (χ0n) is 8.34. The number of carbonyl (C=O) groups excluding carboxylic acids is 1. The fourth-order valence-corrected chi connectivity index (χ4v) is 1.18. The van der Waals surface area contributed by atoms with E-state index in [1.54, 1.807) is 0 Å². The lowest BCUT2D eigenvalue weighted by molar-refractivity contribution is 0.0843. The SMILES string of the molecule is COCC(=O)c1cc(F)cc(F)c1OC. The molecule has 0 spiro atoms. The molecule has 0 saturated heterocycles. The maximum atomic E-state index is 13.2. The number of ether oxygens (including phenoxy) is 2. The van der Waals surface area contributed by atoms with Gasteiger partial charge in [-0.1, -0.05) is 0 Å². The minimum absolute atomic E-state index is 0.156. The minimum atomic E-state index is -0.906. The normalized spacial score (nSPS) is 10.1. The summed E-state index contributed by atoms with van der Waals surface area (Å²) in [6.07, 6.45) is 0. The molecule has 0 bridgehead atoms. The zero-order chi connectivity index (χ0) is 11.4. The molecular formula is C10H10F2O3. The Morgan fingerprint density at radius 1 is 1.33 bits per heavy atom. The monoisotopic (exact) mass is 216 g/mol. The van der Waals surface area contributed by atoms with E-state index >= 15 is 0 Å². The molecule has 3 nitrogen and oxygen atoms in total. The molecule has 0 aliphatic heterocycles. The number of hydrogen-bond acceptors (Lipinski definition) is 3.